The summed E-state index contributed by atoms with van der Waals surface area (Å²) in [6.45, 7) is 1.86. The van der Waals surface area contributed by atoms with Crippen LogP contribution in [-0.2, 0) is 10.2 Å². The maximum Gasteiger partial charge on any atom is 0.281 e. The van der Waals surface area contributed by atoms with Crippen molar-refractivity contribution in [2.24, 2.45) is 0 Å². The van der Waals surface area contributed by atoms with Crippen molar-refractivity contribution >= 4 is 21.8 Å². The SMILES string of the molecule is CN(CCOc1ccc(Cl)cc1)S(=O)(=O)N1CCCC1. The van der Waals surface area contributed by atoms with E-state index >= 15 is 0 Å². The van der Waals surface area contributed by atoms with Crippen LogP contribution in [0.4, 0.5) is 0 Å². The van der Waals surface area contributed by atoms with Crippen LogP contribution in [0.5, 0.6) is 5.75 Å². The highest BCUT2D eigenvalue weighted by atomic mass is 35.5. The Balaban J connectivity index is 1.82. The van der Waals surface area contributed by atoms with Gasteiger partial charge in [0.05, 0.1) is 0 Å². The molecule has 0 aromatic heterocycles. The van der Waals surface area contributed by atoms with Crippen molar-refractivity contribution in [3.8, 4) is 5.75 Å². The van der Waals surface area contributed by atoms with Crippen LogP contribution in [0.15, 0.2) is 24.3 Å². The normalized spacial score (nSPS) is 16.8. The van der Waals surface area contributed by atoms with Crippen LogP contribution in [0, 0.1) is 0 Å². The average molecular weight is 319 g/mol. The molecule has 0 saturated carbocycles. The molecule has 0 amide bonds. The van der Waals surface area contributed by atoms with Gasteiger partial charge in [0.1, 0.15) is 12.4 Å². The van der Waals surface area contributed by atoms with E-state index in [1.165, 1.54) is 8.61 Å². The van der Waals surface area contributed by atoms with E-state index in [1.807, 2.05) is 0 Å². The molecule has 0 unspecified atom stereocenters. The summed E-state index contributed by atoms with van der Waals surface area (Å²) in [5.74, 6) is 0.682. The first-order chi connectivity index (χ1) is 9.50. The first-order valence-electron chi connectivity index (χ1n) is 6.60. The zero-order valence-corrected chi connectivity index (χ0v) is 13.0. The van der Waals surface area contributed by atoms with Gasteiger partial charge in [-0.1, -0.05) is 11.6 Å². The second kappa shape index (κ2) is 6.76. The summed E-state index contributed by atoms with van der Waals surface area (Å²) in [4.78, 5) is 0. The molecule has 1 aromatic rings. The molecule has 0 N–H and O–H groups in total. The Morgan fingerprint density at radius 3 is 2.45 bits per heavy atom. The van der Waals surface area contributed by atoms with Gasteiger partial charge >= 0.3 is 0 Å². The van der Waals surface area contributed by atoms with Crippen LogP contribution in [0.1, 0.15) is 12.8 Å². The van der Waals surface area contributed by atoms with Gasteiger partial charge in [-0.2, -0.15) is 17.0 Å². The second-order valence-corrected chi connectivity index (χ2v) is 7.21. The molecule has 20 heavy (non-hydrogen) atoms. The van der Waals surface area contributed by atoms with E-state index in [1.54, 1.807) is 31.3 Å². The monoisotopic (exact) mass is 318 g/mol. The lowest BCUT2D eigenvalue weighted by atomic mass is 10.3. The maximum absolute atomic E-state index is 12.2. The Kier molecular flexibility index (Phi) is 5.26. The van der Waals surface area contributed by atoms with Crippen molar-refractivity contribution in [1.82, 2.24) is 8.61 Å². The van der Waals surface area contributed by atoms with Gasteiger partial charge in [0, 0.05) is 31.7 Å². The molecule has 1 fully saturated rings. The second-order valence-electron chi connectivity index (χ2n) is 4.74. The molecular weight excluding hydrogens is 300 g/mol. The molecule has 7 heteroatoms. The highest BCUT2D eigenvalue weighted by molar-refractivity contribution is 7.86. The Hall–Kier alpha value is -0.820. The zero-order chi connectivity index (χ0) is 14.6. The maximum atomic E-state index is 12.2. The van der Waals surface area contributed by atoms with Crippen LogP contribution in [0.2, 0.25) is 5.02 Å². The number of halogens is 1. The minimum Gasteiger partial charge on any atom is -0.492 e. The van der Waals surface area contributed by atoms with Crippen LogP contribution < -0.4 is 4.74 Å². The molecule has 2 rings (SSSR count). The Labute approximate surface area is 125 Å². The summed E-state index contributed by atoms with van der Waals surface area (Å²) >= 11 is 5.78. The summed E-state index contributed by atoms with van der Waals surface area (Å²) in [7, 11) is -1.75. The summed E-state index contributed by atoms with van der Waals surface area (Å²) in [5, 5.41) is 0.645. The molecule has 0 bridgehead atoms. The predicted molar refractivity (Wildman–Crippen MR) is 79.3 cm³/mol. The van der Waals surface area contributed by atoms with E-state index in [2.05, 4.69) is 0 Å². The standard InChI is InChI=1S/C13H19ClN2O3S/c1-15(20(17,18)16-8-2-3-9-16)10-11-19-13-6-4-12(14)5-7-13/h4-7H,2-3,8-11H2,1H3. The van der Waals surface area contributed by atoms with Gasteiger partial charge in [0.2, 0.25) is 0 Å². The minimum atomic E-state index is -3.33. The van der Waals surface area contributed by atoms with Crippen molar-refractivity contribution in [2.45, 2.75) is 12.8 Å². The average Bonchev–Trinajstić information content (AvgIpc) is 2.95. The molecule has 1 saturated heterocycles. The number of benzene rings is 1. The minimum absolute atomic E-state index is 0.311. The molecule has 1 heterocycles. The van der Waals surface area contributed by atoms with E-state index in [0.29, 0.717) is 37.0 Å². The Bertz CT molecular complexity index is 527. The molecular formula is C13H19ClN2O3S. The first-order valence-corrected chi connectivity index (χ1v) is 8.37. The number of hydrogen-bond acceptors (Lipinski definition) is 3. The first kappa shape index (κ1) is 15.6. The Morgan fingerprint density at radius 1 is 1.25 bits per heavy atom. The number of rotatable bonds is 6. The van der Waals surface area contributed by atoms with Gasteiger partial charge in [0.25, 0.3) is 10.2 Å². The van der Waals surface area contributed by atoms with Crippen LogP contribution >= 0.6 is 11.6 Å². The number of likely N-dealkylation sites (N-methyl/N-ethyl adjacent to an activating group) is 1. The third-order valence-electron chi connectivity index (χ3n) is 3.27. The van der Waals surface area contributed by atoms with Crippen molar-refractivity contribution in [2.75, 3.05) is 33.3 Å². The lowest BCUT2D eigenvalue weighted by Crippen LogP contribution is -2.41. The van der Waals surface area contributed by atoms with E-state index < -0.39 is 10.2 Å². The van der Waals surface area contributed by atoms with E-state index in [0.717, 1.165) is 12.8 Å². The van der Waals surface area contributed by atoms with Crippen LogP contribution in [0.3, 0.4) is 0 Å². The van der Waals surface area contributed by atoms with Crippen LogP contribution in [-0.4, -0.2) is 50.3 Å². The molecule has 1 aliphatic rings. The van der Waals surface area contributed by atoms with Gasteiger partial charge < -0.3 is 4.74 Å². The highest BCUT2D eigenvalue weighted by Crippen LogP contribution is 2.17. The number of nitrogens with zero attached hydrogens (tertiary/aromatic N) is 2. The van der Waals surface area contributed by atoms with E-state index in [9.17, 15) is 8.42 Å². The summed E-state index contributed by atoms with van der Waals surface area (Å²) in [6.07, 6.45) is 1.88. The highest BCUT2D eigenvalue weighted by Gasteiger charge is 2.28. The summed E-state index contributed by atoms with van der Waals surface area (Å²) in [6, 6.07) is 7.00. The number of hydrogen-bond donors (Lipinski definition) is 0. The lowest BCUT2D eigenvalue weighted by Gasteiger charge is -2.23. The van der Waals surface area contributed by atoms with Crippen molar-refractivity contribution < 1.29 is 13.2 Å². The van der Waals surface area contributed by atoms with Crippen molar-refractivity contribution in [3.63, 3.8) is 0 Å². The van der Waals surface area contributed by atoms with Gasteiger partial charge in [-0.05, 0) is 37.1 Å². The largest absolute Gasteiger partial charge is 0.492 e. The smallest absolute Gasteiger partial charge is 0.281 e. The molecule has 0 radical (unpaired) electrons. The molecule has 1 aromatic carbocycles. The van der Waals surface area contributed by atoms with Crippen molar-refractivity contribution in [3.05, 3.63) is 29.3 Å². The van der Waals surface area contributed by atoms with Gasteiger partial charge in [0.15, 0.2) is 0 Å². The summed E-state index contributed by atoms with van der Waals surface area (Å²) in [5.41, 5.74) is 0. The third-order valence-corrected chi connectivity index (χ3v) is 5.51. The molecule has 5 nitrogen and oxygen atoms in total. The lowest BCUT2D eigenvalue weighted by molar-refractivity contribution is 0.279. The Morgan fingerprint density at radius 2 is 1.85 bits per heavy atom. The predicted octanol–water partition coefficient (Wildman–Crippen LogP) is 1.99. The fourth-order valence-electron chi connectivity index (χ4n) is 2.05. The van der Waals surface area contributed by atoms with Gasteiger partial charge in [-0.15, -0.1) is 0 Å². The number of ether oxygens (including phenoxy) is 1. The van der Waals surface area contributed by atoms with Gasteiger partial charge in [-0.25, -0.2) is 0 Å². The third kappa shape index (κ3) is 3.85. The molecule has 0 spiro atoms. The van der Waals surface area contributed by atoms with E-state index in [4.69, 9.17) is 16.3 Å². The molecule has 112 valence electrons. The van der Waals surface area contributed by atoms with Gasteiger partial charge in [-0.3, -0.25) is 0 Å². The topological polar surface area (TPSA) is 49.9 Å². The fraction of sp³-hybridized carbons (Fsp3) is 0.538. The molecule has 0 atom stereocenters. The van der Waals surface area contributed by atoms with Crippen molar-refractivity contribution in [1.29, 1.82) is 0 Å². The molecule has 1 aliphatic heterocycles. The quantitative estimate of drug-likeness (QED) is 0.806. The van der Waals surface area contributed by atoms with Crippen LogP contribution in [0.25, 0.3) is 0 Å². The summed E-state index contributed by atoms with van der Waals surface area (Å²) < 4.78 is 32.8. The van der Waals surface area contributed by atoms with E-state index in [-0.39, 0.29) is 0 Å². The fourth-order valence-corrected chi connectivity index (χ4v) is 3.60. The zero-order valence-electron chi connectivity index (χ0n) is 11.5. The molecule has 0 aliphatic carbocycles.